The van der Waals surface area contributed by atoms with E-state index in [1.807, 2.05) is 24.3 Å². The third kappa shape index (κ3) is 5.77. The number of benzene rings is 2. The molecule has 0 aliphatic rings. The fourth-order valence-corrected chi connectivity index (χ4v) is 2.11. The zero-order chi connectivity index (χ0) is 18.1. The van der Waals surface area contributed by atoms with Crippen LogP contribution in [0.5, 0.6) is 11.5 Å². The lowest BCUT2D eigenvalue weighted by Gasteiger charge is -2.28. The van der Waals surface area contributed by atoms with E-state index in [2.05, 4.69) is 5.32 Å². The Morgan fingerprint density at radius 1 is 1.12 bits per heavy atom. The third-order valence-corrected chi connectivity index (χ3v) is 3.64. The minimum atomic E-state index is -1.50. The highest BCUT2D eigenvalue weighted by Gasteiger charge is 2.34. The summed E-state index contributed by atoms with van der Waals surface area (Å²) in [4.78, 5) is 12.4. The van der Waals surface area contributed by atoms with Crippen LogP contribution >= 0.6 is 0 Å². The van der Waals surface area contributed by atoms with Crippen LogP contribution in [0.25, 0.3) is 0 Å². The molecule has 0 aromatic heterocycles. The fourth-order valence-electron chi connectivity index (χ4n) is 2.11. The summed E-state index contributed by atoms with van der Waals surface area (Å²) in [5.74, 6) is 0.676. The molecule has 0 saturated carbocycles. The summed E-state index contributed by atoms with van der Waals surface area (Å²) in [5.41, 5.74) is 4.58. The second-order valence-corrected chi connectivity index (χ2v) is 5.65. The van der Waals surface area contributed by atoms with Crippen LogP contribution in [0.4, 0.5) is 0 Å². The van der Waals surface area contributed by atoms with Crippen molar-refractivity contribution in [3.8, 4) is 11.5 Å². The van der Waals surface area contributed by atoms with Crippen molar-refractivity contribution in [2.75, 3.05) is 13.2 Å². The Kier molecular flexibility index (Phi) is 6.80. The number of para-hydroxylation sites is 2. The summed E-state index contributed by atoms with van der Waals surface area (Å²) >= 11 is 0. The number of hydrogen-bond acceptors (Lipinski definition) is 5. The highest BCUT2D eigenvalue weighted by Crippen LogP contribution is 2.17. The first kappa shape index (κ1) is 18.8. The number of ether oxygens (including phenoxy) is 2. The molecule has 0 saturated heterocycles. The molecule has 2 atom stereocenters. The molecule has 134 valence electrons. The van der Waals surface area contributed by atoms with E-state index in [-0.39, 0.29) is 19.6 Å². The lowest BCUT2D eigenvalue weighted by molar-refractivity contribution is -0.137. The number of aliphatic hydroxyl groups excluding tert-OH is 1. The average molecular weight is 344 g/mol. The minimum Gasteiger partial charge on any atom is -0.491 e. The van der Waals surface area contributed by atoms with Gasteiger partial charge < -0.3 is 19.9 Å². The Balaban J connectivity index is 1.82. The van der Waals surface area contributed by atoms with Crippen molar-refractivity contribution < 1.29 is 19.4 Å². The van der Waals surface area contributed by atoms with Crippen molar-refractivity contribution in [3.63, 3.8) is 0 Å². The minimum absolute atomic E-state index is 0.0166. The zero-order valence-corrected chi connectivity index (χ0v) is 14.2. The van der Waals surface area contributed by atoms with Gasteiger partial charge in [0.25, 0.3) is 5.91 Å². The molecule has 6 heteroatoms. The number of nitrogens with one attached hydrogen (secondary N) is 1. The van der Waals surface area contributed by atoms with Gasteiger partial charge in [-0.2, -0.15) is 0 Å². The van der Waals surface area contributed by atoms with Crippen LogP contribution in [0, 0.1) is 0 Å². The Bertz CT molecular complexity index is 651. The number of aliphatic hydroxyl groups is 1. The molecular weight excluding hydrogens is 320 g/mol. The second-order valence-electron chi connectivity index (χ2n) is 5.65. The zero-order valence-electron chi connectivity index (χ0n) is 14.2. The molecule has 2 rings (SSSR count). The van der Waals surface area contributed by atoms with Gasteiger partial charge in [-0.3, -0.25) is 10.5 Å². The quantitative estimate of drug-likeness (QED) is 0.602. The topological polar surface area (TPSA) is 93.8 Å². The maximum atomic E-state index is 12.4. The number of carbonyl (C=O) groups excluding carboxylic acids is 1. The van der Waals surface area contributed by atoms with Gasteiger partial charge >= 0.3 is 0 Å². The van der Waals surface area contributed by atoms with Crippen LogP contribution in [0.15, 0.2) is 60.7 Å². The van der Waals surface area contributed by atoms with E-state index in [4.69, 9.17) is 15.2 Å². The summed E-state index contributed by atoms with van der Waals surface area (Å²) in [6, 6.07) is 18.1. The van der Waals surface area contributed by atoms with Crippen LogP contribution in [0.1, 0.15) is 13.3 Å². The first-order valence-electron chi connectivity index (χ1n) is 8.20. The molecule has 0 spiro atoms. The molecule has 0 heterocycles. The summed E-state index contributed by atoms with van der Waals surface area (Å²) in [7, 11) is 0. The molecule has 0 radical (unpaired) electrons. The molecule has 2 unspecified atom stereocenters. The van der Waals surface area contributed by atoms with Gasteiger partial charge in [0, 0.05) is 13.0 Å². The lowest BCUT2D eigenvalue weighted by Crippen LogP contribution is -2.58. The number of rotatable bonds is 9. The van der Waals surface area contributed by atoms with E-state index < -0.39 is 17.7 Å². The van der Waals surface area contributed by atoms with Crippen molar-refractivity contribution in [2.45, 2.75) is 25.2 Å². The normalized spacial score (nSPS) is 14.2. The Morgan fingerprint density at radius 3 is 2.24 bits per heavy atom. The van der Waals surface area contributed by atoms with Gasteiger partial charge in [0.15, 0.2) is 0 Å². The molecule has 4 N–H and O–H groups in total. The Labute approximate surface area is 147 Å². The molecule has 25 heavy (non-hydrogen) atoms. The van der Waals surface area contributed by atoms with Gasteiger partial charge in [-0.05, 0) is 24.3 Å². The molecule has 1 amide bonds. The van der Waals surface area contributed by atoms with E-state index in [1.165, 1.54) is 0 Å². The summed E-state index contributed by atoms with van der Waals surface area (Å²) < 4.78 is 11.1. The predicted octanol–water partition coefficient (Wildman–Crippen LogP) is 1.69. The highest BCUT2D eigenvalue weighted by atomic mass is 16.5. The van der Waals surface area contributed by atoms with Gasteiger partial charge in [0.05, 0.1) is 0 Å². The van der Waals surface area contributed by atoms with Gasteiger partial charge in [-0.15, -0.1) is 0 Å². The van der Waals surface area contributed by atoms with Gasteiger partial charge in [-0.1, -0.05) is 43.3 Å². The maximum absolute atomic E-state index is 12.4. The Morgan fingerprint density at radius 2 is 1.68 bits per heavy atom. The van der Waals surface area contributed by atoms with E-state index in [9.17, 15) is 9.90 Å². The number of hydrogen-bond donors (Lipinski definition) is 3. The average Bonchev–Trinajstić information content (AvgIpc) is 2.65. The molecule has 2 aromatic rings. The van der Waals surface area contributed by atoms with Gasteiger partial charge in [-0.25, -0.2) is 0 Å². The molecule has 0 bridgehead atoms. The van der Waals surface area contributed by atoms with Crippen LogP contribution in [-0.2, 0) is 4.79 Å². The van der Waals surface area contributed by atoms with Crippen LogP contribution in [0.3, 0.4) is 0 Å². The van der Waals surface area contributed by atoms with Crippen LogP contribution in [0.2, 0.25) is 0 Å². The SMILES string of the molecule is CCC(N)(Oc1ccccc1)C(=O)NCC(O)COc1ccccc1. The number of nitrogens with two attached hydrogens (primary N) is 1. The van der Waals surface area contributed by atoms with Crippen molar-refractivity contribution in [1.82, 2.24) is 5.32 Å². The first-order valence-corrected chi connectivity index (χ1v) is 8.20. The number of carbonyl (C=O) groups is 1. The molecule has 0 fully saturated rings. The van der Waals surface area contributed by atoms with E-state index >= 15 is 0 Å². The van der Waals surface area contributed by atoms with Crippen molar-refractivity contribution >= 4 is 5.91 Å². The van der Waals surface area contributed by atoms with Crippen LogP contribution < -0.4 is 20.5 Å². The molecule has 2 aromatic carbocycles. The summed E-state index contributed by atoms with van der Waals surface area (Å²) in [5, 5.41) is 12.6. The third-order valence-electron chi connectivity index (χ3n) is 3.64. The maximum Gasteiger partial charge on any atom is 0.279 e. The number of amides is 1. The largest absolute Gasteiger partial charge is 0.491 e. The van der Waals surface area contributed by atoms with Crippen LogP contribution in [-0.4, -0.2) is 36.0 Å². The van der Waals surface area contributed by atoms with Gasteiger partial charge in [0.1, 0.15) is 24.2 Å². The predicted molar refractivity (Wildman–Crippen MR) is 95.2 cm³/mol. The second kappa shape index (κ2) is 9.05. The molecule has 0 aliphatic heterocycles. The fraction of sp³-hybridized carbons (Fsp3) is 0.316. The monoisotopic (exact) mass is 344 g/mol. The Hall–Kier alpha value is -2.57. The highest BCUT2D eigenvalue weighted by molar-refractivity contribution is 5.84. The summed E-state index contributed by atoms with van der Waals surface area (Å²) in [6.07, 6.45) is -0.577. The molecular formula is C19H24N2O4. The summed E-state index contributed by atoms with van der Waals surface area (Å²) in [6.45, 7) is 1.84. The van der Waals surface area contributed by atoms with Crippen molar-refractivity contribution in [3.05, 3.63) is 60.7 Å². The molecule has 6 nitrogen and oxygen atoms in total. The lowest BCUT2D eigenvalue weighted by atomic mass is 10.1. The van der Waals surface area contributed by atoms with E-state index in [1.54, 1.807) is 43.3 Å². The smallest absolute Gasteiger partial charge is 0.279 e. The van der Waals surface area contributed by atoms with Gasteiger partial charge in [0.2, 0.25) is 5.72 Å². The van der Waals surface area contributed by atoms with Crippen molar-refractivity contribution in [2.24, 2.45) is 5.73 Å². The van der Waals surface area contributed by atoms with Crippen molar-refractivity contribution in [1.29, 1.82) is 0 Å². The van der Waals surface area contributed by atoms with E-state index in [0.717, 1.165) is 0 Å². The standard InChI is InChI=1S/C19H24N2O4/c1-2-19(20,25-17-11-7-4-8-12-17)18(23)21-13-15(22)14-24-16-9-5-3-6-10-16/h3-12,15,22H,2,13-14,20H2,1H3,(H,21,23). The molecule has 0 aliphatic carbocycles. The van der Waals surface area contributed by atoms with E-state index in [0.29, 0.717) is 11.5 Å². The first-order chi connectivity index (χ1) is 12.0.